The van der Waals surface area contributed by atoms with Gasteiger partial charge in [-0.25, -0.2) is 4.68 Å². The summed E-state index contributed by atoms with van der Waals surface area (Å²) < 4.78 is 1.72. The quantitative estimate of drug-likeness (QED) is 0.457. The Morgan fingerprint density at radius 2 is 1.42 bits per heavy atom. The predicted octanol–water partition coefficient (Wildman–Crippen LogP) is 4.63. The van der Waals surface area contributed by atoms with E-state index in [1.165, 1.54) is 5.56 Å². The molecule has 1 atom stereocenters. The van der Waals surface area contributed by atoms with Crippen molar-refractivity contribution in [1.82, 2.24) is 15.0 Å². The fourth-order valence-corrected chi connectivity index (χ4v) is 4.43. The zero-order chi connectivity index (χ0) is 22.6. The zero-order valence-corrected chi connectivity index (χ0v) is 18.7. The number of rotatable bonds is 5. The largest absolute Gasteiger partial charge is 0.365 e. The molecule has 0 fully saturated rings. The molecule has 1 aromatic heterocycles. The highest BCUT2D eigenvalue weighted by Crippen LogP contribution is 2.35. The van der Waals surface area contributed by atoms with Crippen molar-refractivity contribution in [2.24, 2.45) is 5.92 Å². The Bertz CT molecular complexity index is 1220. The average molecular weight is 438 g/mol. The molecule has 0 aliphatic carbocycles. The van der Waals surface area contributed by atoms with Crippen LogP contribution in [0.15, 0.2) is 91.1 Å². The highest BCUT2D eigenvalue weighted by Gasteiger charge is 2.30. The molecule has 0 saturated carbocycles. The van der Waals surface area contributed by atoms with Gasteiger partial charge in [0.1, 0.15) is 0 Å². The molecular weight excluding hydrogens is 410 g/mol. The molecule has 33 heavy (non-hydrogen) atoms. The summed E-state index contributed by atoms with van der Waals surface area (Å²) in [4.78, 5) is 17.8. The van der Waals surface area contributed by atoms with Crippen LogP contribution in [0.5, 0.6) is 0 Å². The minimum Gasteiger partial charge on any atom is -0.365 e. The van der Waals surface area contributed by atoms with Crippen molar-refractivity contribution in [2.45, 2.75) is 20.0 Å². The monoisotopic (exact) mass is 437 g/mol. The standard InChI is InChI=1S/C27H27N5O/c1-21-16-30(18-22-10-4-2-5-11-22)25-14-8-9-15-26(25)32(17-21)27(33)24-20-31(29-28-24)19-23-12-6-3-7-13-23/h2-15,20-21H,16-19H2,1H3/t21-/m1/s1. The van der Waals surface area contributed by atoms with Gasteiger partial charge in [0.05, 0.1) is 24.1 Å². The van der Waals surface area contributed by atoms with Gasteiger partial charge >= 0.3 is 0 Å². The Hall–Kier alpha value is -3.93. The molecule has 6 heteroatoms. The van der Waals surface area contributed by atoms with Crippen LogP contribution >= 0.6 is 0 Å². The fraction of sp³-hybridized carbons (Fsp3) is 0.222. The molecule has 1 amide bonds. The van der Waals surface area contributed by atoms with Gasteiger partial charge in [0.2, 0.25) is 0 Å². The number of nitrogens with zero attached hydrogens (tertiary/aromatic N) is 5. The third kappa shape index (κ3) is 4.65. The maximum Gasteiger partial charge on any atom is 0.280 e. The van der Waals surface area contributed by atoms with E-state index in [0.29, 0.717) is 24.7 Å². The predicted molar refractivity (Wildman–Crippen MR) is 130 cm³/mol. The first kappa shape index (κ1) is 20.9. The number of carbonyl (C=O) groups is 1. The van der Waals surface area contributed by atoms with Gasteiger partial charge in [0.25, 0.3) is 5.91 Å². The average Bonchev–Trinajstić information content (AvgIpc) is 3.26. The molecule has 6 nitrogen and oxygen atoms in total. The van der Waals surface area contributed by atoms with Crippen LogP contribution in [0.1, 0.15) is 28.5 Å². The van der Waals surface area contributed by atoms with Crippen LogP contribution in [0.2, 0.25) is 0 Å². The molecule has 0 radical (unpaired) electrons. The SMILES string of the molecule is C[C@@H]1CN(Cc2ccccc2)c2ccccc2N(C(=O)c2cn(Cc3ccccc3)nn2)C1. The van der Waals surface area contributed by atoms with Crippen molar-refractivity contribution < 1.29 is 4.79 Å². The topological polar surface area (TPSA) is 54.3 Å². The van der Waals surface area contributed by atoms with Gasteiger partial charge < -0.3 is 9.80 Å². The summed E-state index contributed by atoms with van der Waals surface area (Å²) in [7, 11) is 0. The van der Waals surface area contributed by atoms with Crippen LogP contribution in [0.4, 0.5) is 11.4 Å². The zero-order valence-electron chi connectivity index (χ0n) is 18.7. The van der Waals surface area contributed by atoms with E-state index in [1.54, 1.807) is 10.9 Å². The van der Waals surface area contributed by atoms with Crippen molar-refractivity contribution in [3.05, 3.63) is 108 Å². The number of hydrogen-bond acceptors (Lipinski definition) is 4. The fourth-order valence-electron chi connectivity index (χ4n) is 4.43. The molecule has 1 aliphatic rings. The Balaban J connectivity index is 1.42. The molecule has 5 rings (SSSR count). The highest BCUT2D eigenvalue weighted by atomic mass is 16.2. The van der Waals surface area contributed by atoms with E-state index in [4.69, 9.17) is 0 Å². The van der Waals surface area contributed by atoms with Gasteiger partial charge in [-0.15, -0.1) is 5.10 Å². The maximum absolute atomic E-state index is 13.6. The Morgan fingerprint density at radius 3 is 2.12 bits per heavy atom. The maximum atomic E-state index is 13.6. The van der Waals surface area contributed by atoms with Gasteiger partial charge in [0.15, 0.2) is 5.69 Å². The number of para-hydroxylation sites is 2. The number of amides is 1. The molecule has 1 aliphatic heterocycles. The summed E-state index contributed by atoms with van der Waals surface area (Å²) in [6.07, 6.45) is 1.75. The van der Waals surface area contributed by atoms with Crippen molar-refractivity contribution in [3.63, 3.8) is 0 Å². The van der Waals surface area contributed by atoms with E-state index in [2.05, 4.69) is 52.5 Å². The second-order valence-electron chi connectivity index (χ2n) is 8.66. The van der Waals surface area contributed by atoms with Crippen molar-refractivity contribution in [1.29, 1.82) is 0 Å². The first-order valence-corrected chi connectivity index (χ1v) is 11.3. The lowest BCUT2D eigenvalue weighted by Crippen LogP contribution is -2.35. The Labute approximate surface area is 194 Å². The third-order valence-corrected chi connectivity index (χ3v) is 5.95. The molecule has 3 aromatic carbocycles. The van der Waals surface area contributed by atoms with Gasteiger partial charge in [0, 0.05) is 19.6 Å². The molecule has 0 spiro atoms. The number of benzene rings is 3. The van der Waals surface area contributed by atoms with Gasteiger partial charge in [-0.3, -0.25) is 4.79 Å². The van der Waals surface area contributed by atoms with Crippen LogP contribution in [-0.4, -0.2) is 34.0 Å². The van der Waals surface area contributed by atoms with Gasteiger partial charge in [-0.2, -0.15) is 0 Å². The van der Waals surface area contributed by atoms with E-state index in [9.17, 15) is 4.79 Å². The van der Waals surface area contributed by atoms with Crippen LogP contribution < -0.4 is 9.80 Å². The first-order valence-electron chi connectivity index (χ1n) is 11.3. The lowest BCUT2D eigenvalue weighted by atomic mass is 10.1. The van der Waals surface area contributed by atoms with E-state index in [0.717, 1.165) is 30.0 Å². The van der Waals surface area contributed by atoms with Crippen molar-refractivity contribution in [3.8, 4) is 0 Å². The Morgan fingerprint density at radius 1 is 0.818 bits per heavy atom. The number of fused-ring (bicyclic) bond motifs is 1. The first-order chi connectivity index (χ1) is 16.2. The second kappa shape index (κ2) is 9.28. The molecule has 4 aromatic rings. The molecule has 0 saturated heterocycles. The number of carbonyl (C=O) groups excluding carboxylic acids is 1. The summed E-state index contributed by atoms with van der Waals surface area (Å²) in [6, 6.07) is 28.7. The summed E-state index contributed by atoms with van der Waals surface area (Å²) >= 11 is 0. The minimum absolute atomic E-state index is 0.116. The molecule has 166 valence electrons. The second-order valence-corrected chi connectivity index (χ2v) is 8.66. The minimum atomic E-state index is -0.116. The molecule has 0 N–H and O–H groups in total. The van der Waals surface area contributed by atoms with Crippen molar-refractivity contribution in [2.75, 3.05) is 22.9 Å². The van der Waals surface area contributed by atoms with E-state index >= 15 is 0 Å². The van der Waals surface area contributed by atoms with Gasteiger partial charge in [-0.1, -0.05) is 84.9 Å². The summed E-state index contributed by atoms with van der Waals surface area (Å²) in [5, 5.41) is 8.42. The lowest BCUT2D eigenvalue weighted by Gasteiger charge is -2.26. The van der Waals surface area contributed by atoms with Crippen LogP contribution in [0, 0.1) is 5.92 Å². The van der Waals surface area contributed by atoms with Crippen LogP contribution in [0.25, 0.3) is 0 Å². The van der Waals surface area contributed by atoms with Crippen molar-refractivity contribution >= 4 is 17.3 Å². The molecular formula is C27H27N5O. The summed E-state index contributed by atoms with van der Waals surface area (Å²) in [6.45, 7) is 5.08. The lowest BCUT2D eigenvalue weighted by molar-refractivity contribution is 0.0979. The van der Waals surface area contributed by atoms with E-state index in [1.807, 2.05) is 59.5 Å². The third-order valence-electron chi connectivity index (χ3n) is 5.95. The smallest absolute Gasteiger partial charge is 0.280 e. The van der Waals surface area contributed by atoms with Crippen LogP contribution in [0.3, 0.4) is 0 Å². The van der Waals surface area contributed by atoms with Crippen LogP contribution in [-0.2, 0) is 13.1 Å². The molecule has 2 heterocycles. The summed E-state index contributed by atoms with van der Waals surface area (Å²) in [5.74, 6) is 0.180. The molecule has 0 bridgehead atoms. The Kier molecular flexibility index (Phi) is 5.89. The number of aromatic nitrogens is 3. The van der Waals surface area contributed by atoms with E-state index in [-0.39, 0.29) is 5.91 Å². The normalized spacial score (nSPS) is 15.7. The number of anilines is 2. The van der Waals surface area contributed by atoms with Gasteiger partial charge in [-0.05, 0) is 29.2 Å². The molecule has 0 unspecified atom stereocenters. The van der Waals surface area contributed by atoms with E-state index < -0.39 is 0 Å². The highest BCUT2D eigenvalue weighted by molar-refractivity contribution is 6.06. The number of hydrogen-bond donors (Lipinski definition) is 0. The summed E-state index contributed by atoms with van der Waals surface area (Å²) in [5.41, 5.74) is 4.72.